The Balaban J connectivity index is 0.00000144. The number of rotatable bonds is 2. The second kappa shape index (κ2) is 5.07. The third-order valence-electron chi connectivity index (χ3n) is 2.40. The molecule has 76 valence electrons. The topological polar surface area (TPSA) is 74.6 Å². The van der Waals surface area contributed by atoms with Gasteiger partial charge in [-0.15, -0.1) is 12.4 Å². The molecule has 2 atom stereocenters. The summed E-state index contributed by atoms with van der Waals surface area (Å²) in [5.74, 6) is -3.28. The van der Waals surface area contributed by atoms with E-state index in [4.69, 9.17) is 10.2 Å². The second-order valence-corrected chi connectivity index (χ2v) is 3.17. The van der Waals surface area contributed by atoms with E-state index in [9.17, 15) is 9.59 Å². The van der Waals surface area contributed by atoms with Crippen molar-refractivity contribution in [2.75, 3.05) is 0 Å². The predicted molar refractivity (Wildman–Crippen MR) is 48.0 cm³/mol. The van der Waals surface area contributed by atoms with Crippen LogP contribution >= 0.6 is 12.4 Å². The number of hydrogen-bond donors (Lipinski definition) is 2. The first-order valence-electron chi connectivity index (χ1n) is 4.08. The van der Waals surface area contributed by atoms with Gasteiger partial charge in [-0.3, -0.25) is 9.59 Å². The van der Waals surface area contributed by atoms with Gasteiger partial charge in [0, 0.05) is 0 Å². The quantitative estimate of drug-likeness (QED) is 0.719. The average Bonchev–Trinajstić information content (AvgIpc) is 2.04. The van der Waals surface area contributed by atoms with E-state index in [2.05, 4.69) is 0 Å². The Morgan fingerprint density at radius 1 is 0.923 bits per heavy atom. The molecule has 4 nitrogen and oxygen atoms in total. The highest BCUT2D eigenvalue weighted by Crippen LogP contribution is 2.30. The summed E-state index contributed by atoms with van der Waals surface area (Å²) in [4.78, 5) is 21.2. The third-order valence-corrected chi connectivity index (χ3v) is 2.40. The highest BCUT2D eigenvalue weighted by atomic mass is 35.5. The Morgan fingerprint density at radius 2 is 1.23 bits per heavy atom. The van der Waals surface area contributed by atoms with Crippen LogP contribution in [0.1, 0.15) is 25.7 Å². The Labute approximate surface area is 82.4 Å². The zero-order valence-corrected chi connectivity index (χ0v) is 7.92. The molecule has 1 aliphatic carbocycles. The van der Waals surface area contributed by atoms with Gasteiger partial charge in [-0.05, 0) is 12.8 Å². The van der Waals surface area contributed by atoms with Gasteiger partial charge in [0.2, 0.25) is 0 Å². The van der Waals surface area contributed by atoms with E-state index in [1.54, 1.807) is 0 Å². The molecular formula is C8H13ClO4. The van der Waals surface area contributed by atoms with E-state index in [1.807, 2.05) is 0 Å². The highest BCUT2D eigenvalue weighted by Gasteiger charge is 2.35. The lowest BCUT2D eigenvalue weighted by molar-refractivity contribution is -0.155. The Hall–Kier alpha value is -0.770. The van der Waals surface area contributed by atoms with Gasteiger partial charge in [-0.2, -0.15) is 0 Å². The van der Waals surface area contributed by atoms with Gasteiger partial charge in [0.15, 0.2) is 0 Å². The Kier molecular flexibility index (Phi) is 4.77. The Bertz CT molecular complexity index is 182. The molecule has 1 fully saturated rings. The van der Waals surface area contributed by atoms with Crippen molar-refractivity contribution in [3.8, 4) is 0 Å². The molecule has 0 saturated heterocycles. The van der Waals surface area contributed by atoms with Gasteiger partial charge < -0.3 is 10.2 Å². The van der Waals surface area contributed by atoms with Crippen molar-refractivity contribution in [1.82, 2.24) is 0 Å². The van der Waals surface area contributed by atoms with E-state index < -0.39 is 23.8 Å². The van der Waals surface area contributed by atoms with Crippen molar-refractivity contribution < 1.29 is 19.8 Å². The van der Waals surface area contributed by atoms with Crippen molar-refractivity contribution in [2.24, 2.45) is 11.8 Å². The van der Waals surface area contributed by atoms with Gasteiger partial charge in [0.25, 0.3) is 0 Å². The van der Waals surface area contributed by atoms with Crippen LogP contribution in [-0.2, 0) is 9.59 Å². The number of carboxylic acids is 2. The molecule has 0 amide bonds. The summed E-state index contributed by atoms with van der Waals surface area (Å²) in [5.41, 5.74) is 0. The molecule has 5 heteroatoms. The molecule has 13 heavy (non-hydrogen) atoms. The van der Waals surface area contributed by atoms with Crippen molar-refractivity contribution >= 4 is 24.3 Å². The average molecular weight is 209 g/mol. The van der Waals surface area contributed by atoms with E-state index in [0.29, 0.717) is 12.8 Å². The SMILES string of the molecule is Cl.O=C(O)[C@H]1CCCC[C@H]1C(=O)O. The lowest BCUT2D eigenvalue weighted by Gasteiger charge is -2.24. The first-order chi connectivity index (χ1) is 5.63. The summed E-state index contributed by atoms with van der Waals surface area (Å²) in [7, 11) is 0. The van der Waals surface area contributed by atoms with E-state index >= 15 is 0 Å². The lowest BCUT2D eigenvalue weighted by atomic mass is 9.79. The first-order valence-corrected chi connectivity index (χ1v) is 4.08. The number of hydrogen-bond acceptors (Lipinski definition) is 2. The third kappa shape index (κ3) is 2.88. The minimum absolute atomic E-state index is 0. The number of carbonyl (C=O) groups is 2. The van der Waals surface area contributed by atoms with Crippen LogP contribution in [0.5, 0.6) is 0 Å². The fraction of sp³-hybridized carbons (Fsp3) is 0.750. The van der Waals surface area contributed by atoms with Crippen LogP contribution < -0.4 is 0 Å². The summed E-state index contributed by atoms with van der Waals surface area (Å²) < 4.78 is 0. The summed E-state index contributed by atoms with van der Waals surface area (Å²) in [6.07, 6.45) is 2.68. The Morgan fingerprint density at radius 3 is 1.46 bits per heavy atom. The van der Waals surface area contributed by atoms with Gasteiger partial charge >= 0.3 is 11.9 Å². The lowest BCUT2D eigenvalue weighted by Crippen LogP contribution is -2.32. The summed E-state index contributed by atoms with van der Waals surface area (Å²) in [6, 6.07) is 0. The van der Waals surface area contributed by atoms with Crippen LogP contribution in [0.3, 0.4) is 0 Å². The van der Waals surface area contributed by atoms with Crippen LogP contribution in [0.15, 0.2) is 0 Å². The van der Waals surface area contributed by atoms with Gasteiger partial charge in [0.1, 0.15) is 0 Å². The summed E-state index contributed by atoms with van der Waals surface area (Å²) in [6.45, 7) is 0. The first kappa shape index (κ1) is 12.2. The summed E-state index contributed by atoms with van der Waals surface area (Å²) in [5, 5.41) is 17.4. The molecule has 0 bridgehead atoms. The van der Waals surface area contributed by atoms with Crippen LogP contribution in [0.2, 0.25) is 0 Å². The minimum Gasteiger partial charge on any atom is -0.481 e. The van der Waals surface area contributed by atoms with E-state index in [0.717, 1.165) is 12.8 Å². The predicted octanol–water partition coefficient (Wildman–Crippen LogP) is 1.38. The normalized spacial score (nSPS) is 27.4. The number of halogens is 1. The maximum Gasteiger partial charge on any atom is 0.307 e. The second-order valence-electron chi connectivity index (χ2n) is 3.17. The van der Waals surface area contributed by atoms with Crippen LogP contribution in [-0.4, -0.2) is 22.2 Å². The zero-order valence-electron chi connectivity index (χ0n) is 7.10. The maximum absolute atomic E-state index is 10.6. The van der Waals surface area contributed by atoms with E-state index in [1.165, 1.54) is 0 Å². The van der Waals surface area contributed by atoms with Gasteiger partial charge in [-0.25, -0.2) is 0 Å². The van der Waals surface area contributed by atoms with Crippen molar-refractivity contribution in [1.29, 1.82) is 0 Å². The smallest absolute Gasteiger partial charge is 0.307 e. The molecule has 0 heterocycles. The maximum atomic E-state index is 10.6. The fourth-order valence-electron chi connectivity index (χ4n) is 1.72. The molecule has 2 N–H and O–H groups in total. The fourth-order valence-corrected chi connectivity index (χ4v) is 1.72. The van der Waals surface area contributed by atoms with Crippen molar-refractivity contribution in [3.05, 3.63) is 0 Å². The molecular weight excluding hydrogens is 196 g/mol. The van der Waals surface area contributed by atoms with Crippen LogP contribution in [0.4, 0.5) is 0 Å². The van der Waals surface area contributed by atoms with Crippen molar-refractivity contribution in [2.45, 2.75) is 25.7 Å². The van der Waals surface area contributed by atoms with Gasteiger partial charge in [-0.1, -0.05) is 12.8 Å². The van der Waals surface area contributed by atoms with Crippen molar-refractivity contribution in [3.63, 3.8) is 0 Å². The molecule has 0 radical (unpaired) electrons. The molecule has 1 aliphatic rings. The molecule has 0 spiro atoms. The van der Waals surface area contributed by atoms with Crippen LogP contribution in [0.25, 0.3) is 0 Å². The molecule has 0 aliphatic heterocycles. The molecule has 0 unspecified atom stereocenters. The molecule has 0 aromatic carbocycles. The molecule has 0 aromatic heterocycles. The largest absolute Gasteiger partial charge is 0.481 e. The minimum atomic E-state index is -0.970. The van der Waals surface area contributed by atoms with E-state index in [-0.39, 0.29) is 12.4 Å². The number of aliphatic carboxylic acids is 2. The standard InChI is InChI=1S/C8H12O4.ClH/c9-7(10)5-3-1-2-4-6(5)8(11)12;/h5-6H,1-4H2,(H,9,10)(H,11,12);1H/t5-,6+;. The molecule has 1 saturated carbocycles. The van der Waals surface area contributed by atoms with Gasteiger partial charge in [0.05, 0.1) is 11.8 Å². The summed E-state index contributed by atoms with van der Waals surface area (Å²) >= 11 is 0. The monoisotopic (exact) mass is 208 g/mol. The highest BCUT2D eigenvalue weighted by molar-refractivity contribution is 5.85. The zero-order chi connectivity index (χ0) is 9.14. The molecule has 0 aromatic rings. The van der Waals surface area contributed by atoms with Crippen LogP contribution in [0, 0.1) is 11.8 Å². The molecule has 1 rings (SSSR count). The number of carboxylic acid groups (broad SMARTS) is 2.